The van der Waals surface area contributed by atoms with Gasteiger partial charge < -0.3 is 4.79 Å². The van der Waals surface area contributed by atoms with Gasteiger partial charge in [0.05, 0.1) is 17.4 Å². The molecule has 0 aliphatic heterocycles. The van der Waals surface area contributed by atoms with E-state index in [0.717, 1.165) is 16.8 Å². The third-order valence-electron chi connectivity index (χ3n) is 3.10. The maximum Gasteiger partial charge on any atom is 0.306 e. The van der Waals surface area contributed by atoms with Gasteiger partial charge in [-0.2, -0.15) is 0 Å². The van der Waals surface area contributed by atoms with E-state index in [2.05, 4.69) is 27.9 Å². The van der Waals surface area contributed by atoms with Crippen LogP contribution < -0.4 is 10.8 Å². The predicted octanol–water partition coefficient (Wildman–Crippen LogP) is 1.89. The molecule has 2 N–H and O–H groups in total. The second-order valence-corrected chi connectivity index (χ2v) is 4.99. The number of aromatic nitrogens is 1. The molecule has 2 rings (SSSR count). The zero-order valence-corrected chi connectivity index (χ0v) is 11.6. The minimum Gasteiger partial charge on any atom is -0.313 e. The first kappa shape index (κ1) is 14.4. The van der Waals surface area contributed by atoms with Gasteiger partial charge in [-0.05, 0) is 31.5 Å². The van der Waals surface area contributed by atoms with E-state index < -0.39 is 0 Å². The minimum absolute atomic E-state index is 0.290. The van der Waals surface area contributed by atoms with Crippen molar-refractivity contribution in [2.45, 2.75) is 19.4 Å². The summed E-state index contributed by atoms with van der Waals surface area (Å²) in [5.41, 5.74) is 5.95. The van der Waals surface area contributed by atoms with Crippen molar-refractivity contribution in [3.63, 3.8) is 0 Å². The van der Waals surface area contributed by atoms with Crippen LogP contribution >= 0.6 is 0 Å². The molecular formula is C15H17BN3O. The largest absolute Gasteiger partial charge is 0.313 e. The average Bonchev–Trinajstić information content (AvgIpc) is 2.48. The number of benzene rings is 1. The Hall–Kier alpha value is -1.98. The molecule has 0 bridgehead atoms. The molecule has 101 valence electrons. The summed E-state index contributed by atoms with van der Waals surface area (Å²) >= 11 is 0. The lowest BCUT2D eigenvalue weighted by molar-refractivity contribution is 0.388. The Morgan fingerprint density at radius 3 is 2.50 bits per heavy atom. The zero-order valence-electron chi connectivity index (χ0n) is 11.6. The van der Waals surface area contributed by atoms with Crippen LogP contribution in [0.2, 0.25) is 0 Å². The van der Waals surface area contributed by atoms with Crippen LogP contribution in [0.3, 0.4) is 0 Å². The maximum absolute atomic E-state index is 10.3. The lowest BCUT2D eigenvalue weighted by Gasteiger charge is -2.27. The number of rotatable bonds is 6. The number of nitrogens with zero attached hydrogens (tertiary/aromatic N) is 1. The van der Waals surface area contributed by atoms with E-state index in [1.165, 1.54) is 7.41 Å². The summed E-state index contributed by atoms with van der Waals surface area (Å²) in [5.74, 6) is 0. The molecule has 0 spiro atoms. The summed E-state index contributed by atoms with van der Waals surface area (Å²) in [5, 5.41) is 2.76. The fourth-order valence-electron chi connectivity index (χ4n) is 1.92. The molecule has 4 nitrogen and oxygen atoms in total. The Morgan fingerprint density at radius 2 is 1.90 bits per heavy atom. The monoisotopic (exact) mass is 266 g/mol. The van der Waals surface area contributed by atoms with E-state index in [9.17, 15) is 4.79 Å². The summed E-state index contributed by atoms with van der Waals surface area (Å²) in [4.78, 5) is 14.6. The standard InChI is InChI=1S/C15H17BN3O/c1-15(2,18-19-16-11-20)13-8-6-12(7-9-13)14-5-3-4-10-17-14/h3-11,18-19H,1-2H3. The van der Waals surface area contributed by atoms with Gasteiger partial charge in [-0.25, -0.2) is 0 Å². The van der Waals surface area contributed by atoms with Crippen LogP contribution in [0.25, 0.3) is 11.3 Å². The van der Waals surface area contributed by atoms with Crippen molar-refractivity contribution in [2.24, 2.45) is 0 Å². The van der Waals surface area contributed by atoms with E-state index in [0.29, 0.717) is 6.19 Å². The van der Waals surface area contributed by atoms with Crippen LogP contribution in [-0.2, 0) is 10.3 Å². The molecule has 5 heteroatoms. The number of hydrazine groups is 1. The van der Waals surface area contributed by atoms with Crippen molar-refractivity contribution >= 4 is 13.6 Å². The molecule has 0 saturated heterocycles. The van der Waals surface area contributed by atoms with Crippen LogP contribution in [0.15, 0.2) is 48.7 Å². The Morgan fingerprint density at radius 1 is 1.15 bits per heavy atom. The molecule has 1 aromatic carbocycles. The third-order valence-corrected chi connectivity index (χ3v) is 3.10. The third kappa shape index (κ3) is 3.53. The number of hydrogen-bond acceptors (Lipinski definition) is 4. The molecular weight excluding hydrogens is 249 g/mol. The van der Waals surface area contributed by atoms with E-state index in [1.54, 1.807) is 6.20 Å². The van der Waals surface area contributed by atoms with Crippen molar-refractivity contribution in [3.8, 4) is 11.3 Å². The topological polar surface area (TPSA) is 54.0 Å². The zero-order chi connectivity index (χ0) is 14.4. The highest BCUT2D eigenvalue weighted by Gasteiger charge is 2.19. The Balaban J connectivity index is 2.13. The number of hydrogen-bond donors (Lipinski definition) is 2. The molecule has 0 amide bonds. The van der Waals surface area contributed by atoms with Gasteiger partial charge in [0.2, 0.25) is 0 Å². The van der Waals surface area contributed by atoms with Crippen molar-refractivity contribution in [3.05, 3.63) is 54.2 Å². The normalized spacial score (nSPS) is 11.1. The molecule has 0 aliphatic carbocycles. The van der Waals surface area contributed by atoms with E-state index >= 15 is 0 Å². The van der Waals surface area contributed by atoms with Crippen LogP contribution in [-0.4, -0.2) is 18.6 Å². The molecule has 20 heavy (non-hydrogen) atoms. The van der Waals surface area contributed by atoms with Gasteiger partial charge in [0.15, 0.2) is 0 Å². The first-order valence-corrected chi connectivity index (χ1v) is 6.45. The summed E-state index contributed by atoms with van der Waals surface area (Å²) in [7, 11) is 1.32. The first-order chi connectivity index (χ1) is 9.63. The second kappa shape index (κ2) is 6.46. The van der Waals surface area contributed by atoms with E-state index in [-0.39, 0.29) is 5.54 Å². The van der Waals surface area contributed by atoms with Crippen molar-refractivity contribution in [1.29, 1.82) is 0 Å². The molecule has 0 atom stereocenters. The van der Waals surface area contributed by atoms with Crippen LogP contribution in [0, 0.1) is 0 Å². The molecule has 1 heterocycles. The van der Waals surface area contributed by atoms with Gasteiger partial charge in [0.25, 0.3) is 0 Å². The van der Waals surface area contributed by atoms with Gasteiger partial charge in [0.1, 0.15) is 0 Å². The lowest BCUT2D eigenvalue weighted by Crippen LogP contribution is -2.48. The number of nitrogens with one attached hydrogen (secondary N) is 2. The molecule has 0 unspecified atom stereocenters. The smallest absolute Gasteiger partial charge is 0.306 e. The van der Waals surface area contributed by atoms with E-state index in [1.807, 2.05) is 44.2 Å². The van der Waals surface area contributed by atoms with Crippen molar-refractivity contribution in [1.82, 2.24) is 15.7 Å². The molecule has 1 aromatic heterocycles. The van der Waals surface area contributed by atoms with Gasteiger partial charge in [0, 0.05) is 11.8 Å². The molecule has 0 fully saturated rings. The SMILES string of the molecule is CC(C)(NN[B]C=O)c1ccc(-c2ccccn2)cc1. The number of carbonyl (C=O) groups excluding carboxylic acids is 1. The summed E-state index contributed by atoms with van der Waals surface area (Å²) < 4.78 is 0. The van der Waals surface area contributed by atoms with Gasteiger partial charge >= 0.3 is 7.41 Å². The van der Waals surface area contributed by atoms with E-state index in [4.69, 9.17) is 0 Å². The quantitative estimate of drug-likeness (QED) is 0.363. The fourth-order valence-corrected chi connectivity index (χ4v) is 1.92. The highest BCUT2D eigenvalue weighted by Crippen LogP contribution is 2.23. The Bertz CT molecular complexity index is 555. The van der Waals surface area contributed by atoms with Crippen LogP contribution in [0.1, 0.15) is 19.4 Å². The molecule has 0 aliphatic rings. The minimum atomic E-state index is -0.290. The van der Waals surface area contributed by atoms with Crippen molar-refractivity contribution in [2.75, 3.05) is 0 Å². The summed E-state index contributed by atoms with van der Waals surface area (Å²) in [6, 6.07) is 14.1. The predicted molar refractivity (Wildman–Crippen MR) is 81.5 cm³/mol. The average molecular weight is 266 g/mol. The molecule has 1 radical (unpaired) electrons. The van der Waals surface area contributed by atoms with Gasteiger partial charge in [-0.1, -0.05) is 30.3 Å². The van der Waals surface area contributed by atoms with Crippen molar-refractivity contribution < 1.29 is 4.79 Å². The number of carbonyl (C=O) groups is 1. The summed E-state index contributed by atoms with van der Waals surface area (Å²) in [6.45, 7) is 4.07. The first-order valence-electron chi connectivity index (χ1n) is 6.45. The maximum atomic E-state index is 10.3. The second-order valence-electron chi connectivity index (χ2n) is 4.99. The van der Waals surface area contributed by atoms with Gasteiger partial charge in [-0.3, -0.25) is 15.7 Å². The molecule has 2 aromatic rings. The Labute approximate surface area is 119 Å². The van der Waals surface area contributed by atoms with Crippen LogP contribution in [0.5, 0.6) is 0 Å². The van der Waals surface area contributed by atoms with Crippen LogP contribution in [0.4, 0.5) is 0 Å². The highest BCUT2D eigenvalue weighted by atomic mass is 16.1. The van der Waals surface area contributed by atoms with Gasteiger partial charge in [-0.15, -0.1) is 0 Å². The summed E-state index contributed by atoms with van der Waals surface area (Å²) in [6.07, 6.45) is 2.49. The fraction of sp³-hybridized carbons (Fsp3) is 0.200. The highest BCUT2D eigenvalue weighted by molar-refractivity contribution is 6.64. The molecule has 0 saturated carbocycles. The number of pyridine rings is 1. The lowest BCUT2D eigenvalue weighted by atomic mass is 9.93. The Kier molecular flexibility index (Phi) is 4.66.